The maximum Gasteiger partial charge on any atom is 0.325 e. The molecule has 2 saturated heterocycles. The highest BCUT2D eigenvalue weighted by Gasteiger charge is 2.46. The molecule has 0 radical (unpaired) electrons. The van der Waals surface area contributed by atoms with E-state index in [4.69, 9.17) is 5.11 Å². The van der Waals surface area contributed by atoms with Gasteiger partial charge in [0.05, 0.1) is 5.92 Å². The summed E-state index contributed by atoms with van der Waals surface area (Å²) in [5.74, 6) is -2.26. The van der Waals surface area contributed by atoms with E-state index in [1.165, 1.54) is 9.80 Å². The Hall–Kier alpha value is -2.12. The van der Waals surface area contributed by atoms with Crippen LogP contribution in [0.1, 0.15) is 26.7 Å². The zero-order valence-corrected chi connectivity index (χ0v) is 12.1. The van der Waals surface area contributed by atoms with E-state index in [0.717, 1.165) is 0 Å². The normalized spacial score (nSPS) is 25.0. The molecule has 2 heterocycles. The van der Waals surface area contributed by atoms with Gasteiger partial charge in [0.15, 0.2) is 0 Å². The molecule has 2 N–H and O–H groups in total. The average molecular weight is 297 g/mol. The van der Waals surface area contributed by atoms with Crippen LogP contribution < -0.4 is 5.32 Å². The number of aliphatic carboxylic acids is 1. The second-order valence-corrected chi connectivity index (χ2v) is 5.92. The standard InChI is InChI=1S/C13H19N3O5/c1-13(2)11(20)14-12(21)16(13)7-9(17)15-5-3-4-8(6-15)10(18)19/h8H,3-7H2,1-2H3,(H,18,19)(H,14,20,21). The number of rotatable bonds is 3. The summed E-state index contributed by atoms with van der Waals surface area (Å²) in [4.78, 5) is 49.3. The first-order valence-electron chi connectivity index (χ1n) is 6.87. The van der Waals surface area contributed by atoms with E-state index < -0.39 is 29.4 Å². The van der Waals surface area contributed by atoms with E-state index in [-0.39, 0.29) is 19.0 Å². The van der Waals surface area contributed by atoms with Crippen molar-refractivity contribution in [3.63, 3.8) is 0 Å². The SMILES string of the molecule is CC1(C)C(=O)NC(=O)N1CC(=O)N1CCCC(C(=O)O)C1. The van der Waals surface area contributed by atoms with Gasteiger partial charge in [0.25, 0.3) is 5.91 Å². The molecular formula is C13H19N3O5. The monoisotopic (exact) mass is 297 g/mol. The van der Waals surface area contributed by atoms with Gasteiger partial charge in [0, 0.05) is 13.1 Å². The fourth-order valence-corrected chi connectivity index (χ4v) is 2.60. The number of carboxylic acid groups (broad SMARTS) is 1. The van der Waals surface area contributed by atoms with Crippen LogP contribution in [0.3, 0.4) is 0 Å². The van der Waals surface area contributed by atoms with Gasteiger partial charge in [-0.2, -0.15) is 0 Å². The van der Waals surface area contributed by atoms with Gasteiger partial charge in [-0.1, -0.05) is 0 Å². The molecule has 0 bridgehead atoms. The van der Waals surface area contributed by atoms with E-state index in [9.17, 15) is 19.2 Å². The largest absolute Gasteiger partial charge is 0.481 e. The molecule has 0 aliphatic carbocycles. The minimum atomic E-state index is -1.07. The third-order valence-electron chi connectivity index (χ3n) is 4.11. The molecule has 21 heavy (non-hydrogen) atoms. The maximum absolute atomic E-state index is 12.3. The van der Waals surface area contributed by atoms with Crippen LogP contribution in [0.25, 0.3) is 0 Å². The molecule has 0 aromatic heterocycles. The topological polar surface area (TPSA) is 107 Å². The van der Waals surface area contributed by atoms with E-state index in [1.54, 1.807) is 13.8 Å². The molecular weight excluding hydrogens is 278 g/mol. The van der Waals surface area contributed by atoms with Crippen molar-refractivity contribution in [2.75, 3.05) is 19.6 Å². The van der Waals surface area contributed by atoms with Crippen LogP contribution in [-0.2, 0) is 14.4 Å². The Balaban J connectivity index is 2.03. The predicted molar refractivity (Wildman–Crippen MR) is 71.3 cm³/mol. The molecule has 0 aromatic rings. The number of carbonyl (C=O) groups excluding carboxylic acids is 3. The van der Waals surface area contributed by atoms with Crippen LogP contribution in [0.15, 0.2) is 0 Å². The smallest absolute Gasteiger partial charge is 0.325 e. The summed E-state index contributed by atoms with van der Waals surface area (Å²) >= 11 is 0. The molecule has 0 spiro atoms. The lowest BCUT2D eigenvalue weighted by molar-refractivity contribution is -0.146. The first-order chi connectivity index (χ1) is 9.73. The van der Waals surface area contributed by atoms with Crippen molar-refractivity contribution in [2.45, 2.75) is 32.2 Å². The van der Waals surface area contributed by atoms with Gasteiger partial charge in [0.2, 0.25) is 5.91 Å². The van der Waals surface area contributed by atoms with E-state index in [2.05, 4.69) is 5.32 Å². The summed E-state index contributed by atoms with van der Waals surface area (Å²) < 4.78 is 0. The Morgan fingerprint density at radius 3 is 2.57 bits per heavy atom. The van der Waals surface area contributed by atoms with Crippen molar-refractivity contribution in [3.05, 3.63) is 0 Å². The molecule has 2 aliphatic heterocycles. The molecule has 4 amide bonds. The lowest BCUT2D eigenvalue weighted by Crippen LogP contribution is -2.51. The predicted octanol–water partition coefficient (Wildman–Crippen LogP) is -0.360. The summed E-state index contributed by atoms with van der Waals surface area (Å²) in [5, 5.41) is 11.2. The number of nitrogens with one attached hydrogen (secondary N) is 1. The zero-order chi connectivity index (χ0) is 15.8. The minimum absolute atomic E-state index is 0.151. The maximum atomic E-state index is 12.3. The molecule has 8 nitrogen and oxygen atoms in total. The van der Waals surface area contributed by atoms with Gasteiger partial charge in [0.1, 0.15) is 12.1 Å². The Bertz CT molecular complexity index is 502. The first-order valence-corrected chi connectivity index (χ1v) is 6.87. The molecule has 0 saturated carbocycles. The van der Waals surface area contributed by atoms with Crippen LogP contribution in [0.4, 0.5) is 4.79 Å². The second-order valence-electron chi connectivity index (χ2n) is 5.92. The fourth-order valence-electron chi connectivity index (χ4n) is 2.60. The van der Waals surface area contributed by atoms with E-state index in [1.807, 2.05) is 0 Å². The Morgan fingerprint density at radius 2 is 2.05 bits per heavy atom. The number of likely N-dealkylation sites (tertiary alicyclic amines) is 1. The Kier molecular flexibility index (Phi) is 3.89. The Morgan fingerprint density at radius 1 is 1.38 bits per heavy atom. The van der Waals surface area contributed by atoms with Gasteiger partial charge in [-0.15, -0.1) is 0 Å². The number of urea groups is 1. The quantitative estimate of drug-likeness (QED) is 0.692. The van der Waals surface area contributed by atoms with Crippen molar-refractivity contribution >= 4 is 23.8 Å². The molecule has 1 unspecified atom stereocenters. The third kappa shape index (κ3) is 2.84. The van der Waals surface area contributed by atoms with Gasteiger partial charge in [-0.3, -0.25) is 19.7 Å². The number of carbonyl (C=O) groups is 4. The highest BCUT2D eigenvalue weighted by atomic mass is 16.4. The van der Waals surface area contributed by atoms with Gasteiger partial charge < -0.3 is 14.9 Å². The third-order valence-corrected chi connectivity index (χ3v) is 4.11. The van der Waals surface area contributed by atoms with Gasteiger partial charge in [-0.25, -0.2) is 4.79 Å². The highest BCUT2D eigenvalue weighted by molar-refractivity contribution is 6.07. The number of imide groups is 1. The van der Waals surface area contributed by atoms with Crippen LogP contribution in [-0.4, -0.2) is 63.9 Å². The number of hydrogen-bond acceptors (Lipinski definition) is 4. The summed E-state index contributed by atoms with van der Waals surface area (Å²) in [6.45, 7) is 3.54. The number of nitrogens with zero attached hydrogens (tertiary/aromatic N) is 2. The number of hydrogen-bond donors (Lipinski definition) is 2. The van der Waals surface area contributed by atoms with Crippen LogP contribution in [0.5, 0.6) is 0 Å². The van der Waals surface area contributed by atoms with Crippen molar-refractivity contribution in [2.24, 2.45) is 5.92 Å². The van der Waals surface area contributed by atoms with Crippen LogP contribution >= 0.6 is 0 Å². The number of carboxylic acids is 1. The second kappa shape index (κ2) is 5.34. The van der Waals surface area contributed by atoms with Crippen molar-refractivity contribution < 1.29 is 24.3 Å². The number of piperidine rings is 1. The molecule has 2 fully saturated rings. The van der Waals surface area contributed by atoms with Crippen molar-refractivity contribution in [1.82, 2.24) is 15.1 Å². The van der Waals surface area contributed by atoms with Crippen molar-refractivity contribution in [3.8, 4) is 0 Å². The fraction of sp³-hybridized carbons (Fsp3) is 0.692. The molecule has 2 rings (SSSR count). The van der Waals surface area contributed by atoms with Gasteiger partial charge in [-0.05, 0) is 26.7 Å². The summed E-state index contributed by atoms with van der Waals surface area (Å²) in [5.41, 5.74) is -1.07. The zero-order valence-electron chi connectivity index (χ0n) is 12.1. The minimum Gasteiger partial charge on any atom is -0.481 e. The average Bonchev–Trinajstić information content (AvgIpc) is 2.61. The molecule has 2 aliphatic rings. The van der Waals surface area contributed by atoms with E-state index >= 15 is 0 Å². The molecule has 116 valence electrons. The highest BCUT2D eigenvalue weighted by Crippen LogP contribution is 2.22. The lowest BCUT2D eigenvalue weighted by atomic mass is 9.98. The Labute approximate surface area is 122 Å². The molecule has 8 heteroatoms. The lowest BCUT2D eigenvalue weighted by Gasteiger charge is -2.34. The molecule has 1 atom stereocenters. The number of amides is 4. The molecule has 0 aromatic carbocycles. The van der Waals surface area contributed by atoms with Crippen LogP contribution in [0, 0.1) is 5.92 Å². The van der Waals surface area contributed by atoms with Crippen LogP contribution in [0.2, 0.25) is 0 Å². The van der Waals surface area contributed by atoms with Crippen molar-refractivity contribution in [1.29, 1.82) is 0 Å². The summed E-state index contributed by atoms with van der Waals surface area (Å²) in [6.07, 6.45) is 1.17. The summed E-state index contributed by atoms with van der Waals surface area (Å²) in [7, 11) is 0. The van der Waals surface area contributed by atoms with E-state index in [0.29, 0.717) is 19.4 Å². The van der Waals surface area contributed by atoms with Gasteiger partial charge >= 0.3 is 12.0 Å². The first kappa shape index (κ1) is 15.3. The summed E-state index contributed by atoms with van der Waals surface area (Å²) in [6, 6.07) is -0.592.